The van der Waals surface area contributed by atoms with E-state index in [0.717, 1.165) is 15.4 Å². The van der Waals surface area contributed by atoms with Crippen LogP contribution in [0.3, 0.4) is 0 Å². The van der Waals surface area contributed by atoms with Crippen LogP contribution in [-0.4, -0.2) is 60.9 Å². The number of carboxylic acids is 1. The van der Waals surface area contributed by atoms with Crippen molar-refractivity contribution in [2.24, 2.45) is 0 Å². The van der Waals surface area contributed by atoms with Gasteiger partial charge in [0.2, 0.25) is 0 Å². The van der Waals surface area contributed by atoms with Crippen molar-refractivity contribution >= 4 is 52.6 Å². The summed E-state index contributed by atoms with van der Waals surface area (Å²) in [5, 5.41) is 20.5. The van der Waals surface area contributed by atoms with Gasteiger partial charge in [-0.05, 0) is 30.7 Å². The Morgan fingerprint density at radius 2 is 2.20 bits per heavy atom. The van der Waals surface area contributed by atoms with Gasteiger partial charge < -0.3 is 10.4 Å². The Bertz CT molecular complexity index is 1070. The lowest BCUT2D eigenvalue weighted by Crippen LogP contribution is -2.70. The second-order valence-corrected chi connectivity index (χ2v) is 10.0. The molecule has 156 valence electrons. The quantitative estimate of drug-likeness (QED) is 0.492. The first-order chi connectivity index (χ1) is 14.3. The largest absolute Gasteiger partial charge is 0.477 e. The van der Waals surface area contributed by atoms with E-state index >= 15 is 0 Å². The van der Waals surface area contributed by atoms with E-state index in [1.165, 1.54) is 58.0 Å². The van der Waals surface area contributed by atoms with Gasteiger partial charge in [-0.2, -0.15) is 0 Å². The molecule has 1 aromatic carbocycles. The second kappa shape index (κ2) is 8.36. The minimum atomic E-state index is -1.19. The molecule has 2 atom stereocenters. The zero-order valence-corrected chi connectivity index (χ0v) is 17.9. The molecule has 0 saturated carbocycles. The van der Waals surface area contributed by atoms with Crippen LogP contribution >= 0.6 is 34.9 Å². The molecule has 0 radical (unpaired) electrons. The van der Waals surface area contributed by atoms with E-state index in [1.807, 2.05) is 6.92 Å². The van der Waals surface area contributed by atoms with Gasteiger partial charge in [0, 0.05) is 17.1 Å². The van der Waals surface area contributed by atoms with Crippen LogP contribution in [0.2, 0.25) is 0 Å². The SMILES string of the molecule is Cc1nnc(SCC2=C(C(=O)O)N3C(=O)[C@H](NC(=O)c4cccc(F)c4)[C@@H]3SC2)s1. The number of aliphatic carboxylic acids is 1. The Labute approximate surface area is 182 Å². The van der Waals surface area contributed by atoms with Gasteiger partial charge in [0.15, 0.2) is 4.34 Å². The van der Waals surface area contributed by atoms with Crippen molar-refractivity contribution in [2.45, 2.75) is 22.7 Å². The molecule has 2 N–H and O–H groups in total. The lowest BCUT2D eigenvalue weighted by atomic mass is 10.0. The second-order valence-electron chi connectivity index (χ2n) is 6.50. The van der Waals surface area contributed by atoms with Crippen LogP contribution in [0.25, 0.3) is 0 Å². The number of amides is 2. The number of benzene rings is 1. The molecular weight excluding hydrogens is 451 g/mol. The maximum atomic E-state index is 13.3. The van der Waals surface area contributed by atoms with Crippen molar-refractivity contribution in [2.75, 3.05) is 11.5 Å². The maximum Gasteiger partial charge on any atom is 0.352 e. The molecule has 1 saturated heterocycles. The van der Waals surface area contributed by atoms with Crippen LogP contribution in [0.1, 0.15) is 15.4 Å². The molecule has 0 bridgehead atoms. The Morgan fingerprint density at radius 1 is 1.40 bits per heavy atom. The zero-order chi connectivity index (χ0) is 21.4. The Kier molecular flexibility index (Phi) is 5.80. The van der Waals surface area contributed by atoms with Gasteiger partial charge in [0.25, 0.3) is 11.8 Å². The number of aryl methyl sites for hydroxylation is 1. The molecular formula is C18H15FN4O4S3. The summed E-state index contributed by atoms with van der Waals surface area (Å²) in [5.41, 5.74) is 0.666. The van der Waals surface area contributed by atoms with Crippen LogP contribution in [-0.2, 0) is 9.59 Å². The molecule has 2 aliphatic heterocycles. The van der Waals surface area contributed by atoms with Crippen molar-refractivity contribution < 1.29 is 23.9 Å². The van der Waals surface area contributed by atoms with Crippen LogP contribution < -0.4 is 5.32 Å². The van der Waals surface area contributed by atoms with E-state index in [-0.39, 0.29) is 11.3 Å². The zero-order valence-electron chi connectivity index (χ0n) is 15.5. The summed E-state index contributed by atoms with van der Waals surface area (Å²) in [6.07, 6.45) is 0. The number of carboxylic acid groups (broad SMARTS) is 1. The van der Waals surface area contributed by atoms with Gasteiger partial charge in [0.1, 0.15) is 27.9 Å². The van der Waals surface area contributed by atoms with Crippen molar-refractivity contribution in [1.82, 2.24) is 20.4 Å². The molecule has 2 amide bonds. The fourth-order valence-electron chi connectivity index (χ4n) is 3.13. The summed E-state index contributed by atoms with van der Waals surface area (Å²) >= 11 is 4.18. The van der Waals surface area contributed by atoms with E-state index in [9.17, 15) is 23.9 Å². The summed E-state index contributed by atoms with van der Waals surface area (Å²) in [5.74, 6) is -2.04. The molecule has 0 unspecified atom stereocenters. The first kappa shape index (κ1) is 20.8. The number of thioether (sulfide) groups is 2. The number of carbonyl (C=O) groups is 3. The normalized spacial score (nSPS) is 20.6. The van der Waals surface area contributed by atoms with Crippen LogP contribution in [0.4, 0.5) is 4.39 Å². The number of hydrogen-bond acceptors (Lipinski definition) is 8. The van der Waals surface area contributed by atoms with Gasteiger partial charge in [0.05, 0.1) is 0 Å². The summed E-state index contributed by atoms with van der Waals surface area (Å²) in [6.45, 7) is 1.84. The highest BCUT2D eigenvalue weighted by Crippen LogP contribution is 2.41. The molecule has 2 aliphatic rings. The fraction of sp³-hybridized carbons (Fsp3) is 0.278. The number of fused-ring (bicyclic) bond motifs is 1. The van der Waals surface area contributed by atoms with Crippen molar-refractivity contribution in [3.05, 3.63) is 51.9 Å². The third-order valence-electron chi connectivity index (χ3n) is 4.50. The first-order valence-corrected chi connectivity index (χ1v) is 11.6. The van der Waals surface area contributed by atoms with Crippen molar-refractivity contribution in [3.8, 4) is 0 Å². The molecule has 1 aromatic heterocycles. The van der Waals surface area contributed by atoms with E-state index in [0.29, 0.717) is 17.1 Å². The highest BCUT2D eigenvalue weighted by Gasteiger charge is 2.54. The average Bonchev–Trinajstić information content (AvgIpc) is 3.14. The van der Waals surface area contributed by atoms with Crippen LogP contribution in [0.5, 0.6) is 0 Å². The summed E-state index contributed by atoms with van der Waals surface area (Å²) in [7, 11) is 0. The maximum absolute atomic E-state index is 13.3. The highest BCUT2D eigenvalue weighted by atomic mass is 32.2. The Balaban J connectivity index is 1.48. The number of rotatable bonds is 6. The molecule has 0 aliphatic carbocycles. The predicted octanol–water partition coefficient (Wildman–Crippen LogP) is 2.13. The lowest BCUT2D eigenvalue weighted by Gasteiger charge is -2.49. The summed E-state index contributed by atoms with van der Waals surface area (Å²) < 4.78 is 14.1. The van der Waals surface area contributed by atoms with E-state index in [1.54, 1.807) is 0 Å². The molecule has 8 nitrogen and oxygen atoms in total. The number of hydrogen-bond donors (Lipinski definition) is 2. The number of carbonyl (C=O) groups excluding carboxylic acids is 2. The van der Waals surface area contributed by atoms with Crippen molar-refractivity contribution in [3.63, 3.8) is 0 Å². The third kappa shape index (κ3) is 3.94. The molecule has 4 rings (SSSR count). The van der Waals surface area contributed by atoms with Gasteiger partial charge >= 0.3 is 5.97 Å². The minimum absolute atomic E-state index is 0.0475. The number of aromatic nitrogens is 2. The topological polar surface area (TPSA) is 112 Å². The standard InChI is InChI=1S/C18H15FN4O4S3/c1-8-21-22-18(30-8)29-7-10-6-28-16-12(15(25)23(16)13(10)17(26)27)20-14(24)9-3-2-4-11(19)5-9/h2-5,12,16H,6-7H2,1H3,(H,20,24)(H,26,27)/t12-,16-/m0/s1. The molecule has 12 heteroatoms. The summed E-state index contributed by atoms with van der Waals surface area (Å²) in [6, 6.07) is 4.29. The number of nitrogens with one attached hydrogen (secondary N) is 1. The van der Waals surface area contributed by atoms with Gasteiger partial charge in [-0.1, -0.05) is 29.2 Å². The minimum Gasteiger partial charge on any atom is -0.477 e. The number of β-lactam (4-membered cyclic amide) rings is 1. The van der Waals surface area contributed by atoms with Gasteiger partial charge in [-0.15, -0.1) is 22.0 Å². The third-order valence-corrected chi connectivity index (χ3v) is 7.90. The molecule has 30 heavy (non-hydrogen) atoms. The molecule has 0 spiro atoms. The van der Waals surface area contributed by atoms with Crippen LogP contribution in [0.15, 0.2) is 39.9 Å². The number of nitrogens with zero attached hydrogens (tertiary/aromatic N) is 3. The Morgan fingerprint density at radius 3 is 2.87 bits per heavy atom. The smallest absolute Gasteiger partial charge is 0.352 e. The van der Waals surface area contributed by atoms with Crippen molar-refractivity contribution in [1.29, 1.82) is 0 Å². The van der Waals surface area contributed by atoms with E-state index in [4.69, 9.17) is 0 Å². The Hall–Kier alpha value is -2.44. The lowest BCUT2D eigenvalue weighted by molar-refractivity contribution is -0.148. The monoisotopic (exact) mass is 466 g/mol. The van der Waals surface area contributed by atoms with Crippen LogP contribution in [0, 0.1) is 12.7 Å². The molecule has 1 fully saturated rings. The predicted molar refractivity (Wildman–Crippen MR) is 111 cm³/mol. The van der Waals surface area contributed by atoms with Gasteiger partial charge in [-0.3, -0.25) is 14.5 Å². The average molecular weight is 467 g/mol. The first-order valence-electron chi connectivity index (χ1n) is 8.74. The van der Waals surface area contributed by atoms with E-state index < -0.39 is 35.0 Å². The highest BCUT2D eigenvalue weighted by molar-refractivity contribution is 8.01. The van der Waals surface area contributed by atoms with E-state index in [2.05, 4.69) is 15.5 Å². The fourth-order valence-corrected chi connectivity index (χ4v) is 6.43. The molecule has 2 aromatic rings. The molecule has 3 heterocycles. The summed E-state index contributed by atoms with van der Waals surface area (Å²) in [4.78, 5) is 38.1. The number of halogens is 1. The van der Waals surface area contributed by atoms with Gasteiger partial charge in [-0.25, -0.2) is 9.18 Å².